The van der Waals surface area contributed by atoms with Crippen molar-refractivity contribution >= 4 is 29.9 Å². The highest BCUT2D eigenvalue weighted by atomic mass is 127. The molecule has 2 heterocycles. The highest BCUT2D eigenvalue weighted by molar-refractivity contribution is 14.0. The summed E-state index contributed by atoms with van der Waals surface area (Å²) in [7, 11) is 1.39. The summed E-state index contributed by atoms with van der Waals surface area (Å²) >= 11 is 0. The summed E-state index contributed by atoms with van der Waals surface area (Å²) in [6.07, 6.45) is -7.11. The fourth-order valence-corrected chi connectivity index (χ4v) is 2.92. The molecule has 13 heteroatoms. The fraction of sp³-hybridized carbons (Fsp3) is 0.733. The van der Waals surface area contributed by atoms with Gasteiger partial charge < -0.3 is 10.6 Å². The van der Waals surface area contributed by atoms with E-state index in [0.29, 0.717) is 13.0 Å². The summed E-state index contributed by atoms with van der Waals surface area (Å²) in [5, 5.41) is 9.31. The first-order chi connectivity index (χ1) is 12.5. The summed E-state index contributed by atoms with van der Waals surface area (Å²) in [4.78, 5) is 5.42. The van der Waals surface area contributed by atoms with Crippen LogP contribution in [0.2, 0.25) is 0 Å². The van der Waals surface area contributed by atoms with Crippen LogP contribution < -0.4 is 10.6 Å². The molecular weight excluding hydrogens is 505 g/mol. The van der Waals surface area contributed by atoms with E-state index in [1.807, 2.05) is 0 Å². The van der Waals surface area contributed by atoms with E-state index in [9.17, 15) is 26.3 Å². The molecule has 0 spiro atoms. The van der Waals surface area contributed by atoms with Gasteiger partial charge in [0.15, 0.2) is 11.7 Å². The number of alkyl halides is 6. The Labute approximate surface area is 175 Å². The van der Waals surface area contributed by atoms with E-state index in [2.05, 4.69) is 20.7 Å². The molecule has 2 rings (SSSR count). The Kier molecular flexibility index (Phi) is 8.84. The highest BCUT2D eigenvalue weighted by Crippen LogP contribution is 2.30. The standard InChI is InChI=1S/C15H22F6N6.HI/c1-3-22-13(24-11-4-5-27(8-11)9-14(16,17)18)23-6-10-7-26(2)25-12(10)15(19,20)21;/h7,11H,3-6,8-9H2,1-2H3,(H2,22,23,24);1H. The number of aliphatic imine (C=N–C) groups is 1. The third-order valence-corrected chi connectivity index (χ3v) is 3.94. The predicted molar refractivity (Wildman–Crippen MR) is 102 cm³/mol. The first-order valence-electron chi connectivity index (χ1n) is 8.41. The lowest BCUT2D eigenvalue weighted by atomic mass is 10.2. The monoisotopic (exact) mass is 528 g/mol. The number of aryl methyl sites for hydroxylation is 1. The number of halogens is 7. The minimum Gasteiger partial charge on any atom is -0.357 e. The van der Waals surface area contributed by atoms with Gasteiger partial charge in [-0.15, -0.1) is 24.0 Å². The Morgan fingerprint density at radius 1 is 1.29 bits per heavy atom. The Morgan fingerprint density at radius 2 is 1.96 bits per heavy atom. The molecule has 1 aliphatic heterocycles. The normalized spacial score (nSPS) is 18.9. The van der Waals surface area contributed by atoms with Gasteiger partial charge in [-0.1, -0.05) is 0 Å². The van der Waals surface area contributed by atoms with Gasteiger partial charge in [0.1, 0.15) is 0 Å². The van der Waals surface area contributed by atoms with Gasteiger partial charge in [0.25, 0.3) is 0 Å². The summed E-state index contributed by atoms with van der Waals surface area (Å²) in [5.74, 6) is 0.258. The molecule has 1 fully saturated rings. The number of likely N-dealkylation sites (tertiary alicyclic amines) is 1. The molecule has 0 aliphatic carbocycles. The van der Waals surface area contributed by atoms with E-state index < -0.39 is 24.6 Å². The summed E-state index contributed by atoms with van der Waals surface area (Å²) < 4.78 is 77.4. The number of aromatic nitrogens is 2. The second-order valence-electron chi connectivity index (χ2n) is 6.35. The Balaban J connectivity index is 0.00000392. The van der Waals surface area contributed by atoms with Gasteiger partial charge >= 0.3 is 12.4 Å². The zero-order chi connectivity index (χ0) is 20.2. The van der Waals surface area contributed by atoms with E-state index in [1.165, 1.54) is 18.1 Å². The van der Waals surface area contributed by atoms with Gasteiger partial charge in [0.2, 0.25) is 0 Å². The fourth-order valence-electron chi connectivity index (χ4n) is 2.92. The maximum atomic E-state index is 13.0. The molecule has 1 atom stereocenters. The van der Waals surface area contributed by atoms with Crippen LogP contribution in [-0.2, 0) is 19.8 Å². The quantitative estimate of drug-likeness (QED) is 0.267. The first-order valence-corrected chi connectivity index (χ1v) is 8.41. The smallest absolute Gasteiger partial charge is 0.357 e. The van der Waals surface area contributed by atoms with Crippen LogP contribution in [0.1, 0.15) is 24.6 Å². The summed E-state index contributed by atoms with van der Waals surface area (Å²) in [6, 6.07) is -0.263. The minimum atomic E-state index is -4.58. The zero-order valence-corrected chi connectivity index (χ0v) is 17.7. The summed E-state index contributed by atoms with van der Waals surface area (Å²) in [6.45, 7) is 1.49. The largest absolute Gasteiger partial charge is 0.435 e. The molecule has 2 N–H and O–H groups in total. The lowest BCUT2D eigenvalue weighted by Crippen LogP contribution is -2.45. The van der Waals surface area contributed by atoms with Crippen molar-refractivity contribution in [3.63, 3.8) is 0 Å². The van der Waals surface area contributed by atoms with Crippen LogP contribution in [0.3, 0.4) is 0 Å². The van der Waals surface area contributed by atoms with Crippen molar-refractivity contribution < 1.29 is 26.3 Å². The van der Waals surface area contributed by atoms with Crippen molar-refractivity contribution in [1.82, 2.24) is 25.3 Å². The van der Waals surface area contributed by atoms with Crippen molar-refractivity contribution in [2.24, 2.45) is 12.0 Å². The van der Waals surface area contributed by atoms with Crippen molar-refractivity contribution in [2.75, 3.05) is 26.2 Å². The second-order valence-corrected chi connectivity index (χ2v) is 6.35. The van der Waals surface area contributed by atoms with Gasteiger partial charge in [-0.05, 0) is 13.3 Å². The van der Waals surface area contributed by atoms with Crippen LogP contribution in [0.25, 0.3) is 0 Å². The molecule has 1 aliphatic rings. The van der Waals surface area contributed by atoms with Gasteiger partial charge in [-0.25, -0.2) is 4.99 Å². The average molecular weight is 528 g/mol. The van der Waals surface area contributed by atoms with E-state index in [4.69, 9.17) is 0 Å². The predicted octanol–water partition coefficient (Wildman–Crippen LogP) is 2.75. The molecule has 28 heavy (non-hydrogen) atoms. The van der Waals surface area contributed by atoms with Crippen molar-refractivity contribution in [3.8, 4) is 0 Å². The Hall–Kier alpha value is -1.25. The van der Waals surface area contributed by atoms with Crippen LogP contribution in [0, 0.1) is 0 Å². The first kappa shape index (κ1) is 24.8. The number of nitrogens with zero attached hydrogens (tertiary/aromatic N) is 4. The molecule has 1 aromatic heterocycles. The number of hydrogen-bond donors (Lipinski definition) is 2. The van der Waals surface area contributed by atoms with E-state index in [0.717, 1.165) is 4.68 Å². The van der Waals surface area contributed by atoms with E-state index >= 15 is 0 Å². The van der Waals surface area contributed by atoms with Crippen LogP contribution >= 0.6 is 24.0 Å². The Bertz CT molecular complexity index is 656. The van der Waals surface area contributed by atoms with Gasteiger partial charge in [-0.3, -0.25) is 9.58 Å². The molecule has 0 amide bonds. The average Bonchev–Trinajstić information content (AvgIpc) is 3.09. The molecule has 1 unspecified atom stereocenters. The molecular formula is C15H23F6IN6. The molecule has 6 nitrogen and oxygen atoms in total. The number of hydrogen-bond acceptors (Lipinski definition) is 3. The lowest BCUT2D eigenvalue weighted by molar-refractivity contribution is -0.143. The van der Waals surface area contributed by atoms with Crippen LogP contribution in [-0.4, -0.2) is 59.0 Å². The third-order valence-electron chi connectivity index (χ3n) is 3.94. The Morgan fingerprint density at radius 3 is 2.54 bits per heavy atom. The topological polar surface area (TPSA) is 57.5 Å². The maximum Gasteiger partial charge on any atom is 0.435 e. The van der Waals surface area contributed by atoms with Crippen molar-refractivity contribution in [1.29, 1.82) is 0 Å². The molecule has 0 radical (unpaired) electrons. The van der Waals surface area contributed by atoms with E-state index in [1.54, 1.807) is 6.92 Å². The molecule has 0 saturated carbocycles. The molecule has 1 saturated heterocycles. The van der Waals surface area contributed by atoms with Gasteiger partial charge in [0.05, 0.1) is 13.1 Å². The molecule has 1 aromatic rings. The SMILES string of the molecule is CCNC(=NCc1cn(C)nc1C(F)(F)F)NC1CCN(CC(F)(F)F)C1.I. The third kappa shape index (κ3) is 7.64. The van der Waals surface area contributed by atoms with Crippen molar-refractivity contribution in [2.45, 2.75) is 38.3 Å². The molecule has 162 valence electrons. The van der Waals surface area contributed by atoms with Crippen molar-refractivity contribution in [3.05, 3.63) is 17.5 Å². The lowest BCUT2D eigenvalue weighted by Gasteiger charge is -2.19. The second kappa shape index (κ2) is 9.98. The highest BCUT2D eigenvalue weighted by Gasteiger charge is 2.37. The van der Waals surface area contributed by atoms with E-state index in [-0.39, 0.29) is 61.2 Å². The van der Waals surface area contributed by atoms with Crippen LogP contribution in [0.4, 0.5) is 26.3 Å². The maximum absolute atomic E-state index is 13.0. The number of nitrogens with one attached hydrogen (secondary N) is 2. The zero-order valence-electron chi connectivity index (χ0n) is 15.4. The minimum absolute atomic E-state index is 0. The van der Waals surface area contributed by atoms with Crippen LogP contribution in [0.5, 0.6) is 0 Å². The number of rotatable bonds is 5. The van der Waals surface area contributed by atoms with Gasteiger partial charge in [0, 0.05) is 44.5 Å². The summed E-state index contributed by atoms with van der Waals surface area (Å²) in [5.41, 5.74) is -1.07. The molecule has 0 aromatic carbocycles. The van der Waals surface area contributed by atoms with Crippen LogP contribution in [0.15, 0.2) is 11.2 Å². The number of guanidine groups is 1. The molecule has 0 bridgehead atoms. The van der Waals surface area contributed by atoms with Gasteiger partial charge in [-0.2, -0.15) is 31.4 Å².